The smallest absolute Gasteiger partial charge is 0.340 e. The van der Waals surface area contributed by atoms with E-state index in [0.29, 0.717) is 17.4 Å². The van der Waals surface area contributed by atoms with E-state index < -0.39 is 5.97 Å². The fraction of sp³-hybridized carbons (Fsp3) is 0.400. The van der Waals surface area contributed by atoms with Gasteiger partial charge in [0, 0.05) is 32.0 Å². The van der Waals surface area contributed by atoms with E-state index in [9.17, 15) is 10.1 Å². The molecule has 0 amide bonds. The number of aromatic nitrogens is 2. The number of ether oxygens (including phenoxy) is 3. The molecule has 0 radical (unpaired) electrons. The zero-order valence-corrected chi connectivity index (χ0v) is 16.1. The van der Waals surface area contributed by atoms with Crippen LogP contribution in [0.3, 0.4) is 0 Å². The van der Waals surface area contributed by atoms with Crippen molar-refractivity contribution in [1.82, 2.24) is 9.97 Å². The molecule has 0 unspecified atom stereocenters. The third kappa shape index (κ3) is 4.14. The summed E-state index contributed by atoms with van der Waals surface area (Å²) in [4.78, 5) is 22.5. The van der Waals surface area contributed by atoms with Gasteiger partial charge in [0.2, 0.25) is 5.88 Å². The van der Waals surface area contributed by atoms with E-state index in [0.717, 1.165) is 31.5 Å². The van der Waals surface area contributed by atoms with Crippen molar-refractivity contribution in [1.29, 1.82) is 5.26 Å². The first-order chi connectivity index (χ1) is 13.5. The highest BCUT2D eigenvalue weighted by atomic mass is 16.5. The highest BCUT2D eigenvalue weighted by Crippen LogP contribution is 2.26. The lowest BCUT2D eigenvalue weighted by atomic mass is 10.1. The molecule has 2 aromatic heterocycles. The molecule has 146 valence electrons. The normalized spacial score (nSPS) is 14.3. The number of carbonyl (C=O) groups is 1. The zero-order valence-electron chi connectivity index (χ0n) is 16.1. The Morgan fingerprint density at radius 3 is 2.61 bits per heavy atom. The average Bonchev–Trinajstić information content (AvgIpc) is 2.74. The molecule has 0 atom stereocenters. The molecule has 0 aromatic carbocycles. The average molecular weight is 382 g/mol. The number of hydrogen-bond acceptors (Lipinski definition) is 8. The van der Waals surface area contributed by atoms with Gasteiger partial charge in [-0.05, 0) is 24.6 Å². The van der Waals surface area contributed by atoms with Gasteiger partial charge in [0.15, 0.2) is 5.69 Å². The molecule has 8 heteroatoms. The number of aryl methyl sites for hydroxylation is 1. The van der Waals surface area contributed by atoms with Crippen LogP contribution in [-0.4, -0.2) is 49.4 Å². The van der Waals surface area contributed by atoms with Gasteiger partial charge in [0.05, 0.1) is 26.0 Å². The molecule has 3 heterocycles. The van der Waals surface area contributed by atoms with Crippen molar-refractivity contribution in [3.8, 4) is 17.7 Å². The van der Waals surface area contributed by atoms with Crippen LogP contribution in [0.2, 0.25) is 0 Å². The van der Waals surface area contributed by atoms with Gasteiger partial charge in [0.25, 0.3) is 0 Å². The molecule has 1 aliphatic rings. The minimum Gasteiger partial charge on any atom is -0.489 e. The molecule has 28 heavy (non-hydrogen) atoms. The van der Waals surface area contributed by atoms with E-state index in [4.69, 9.17) is 14.2 Å². The Balaban J connectivity index is 1.67. The van der Waals surface area contributed by atoms with Gasteiger partial charge < -0.3 is 19.1 Å². The van der Waals surface area contributed by atoms with Gasteiger partial charge in [-0.25, -0.2) is 14.8 Å². The van der Waals surface area contributed by atoms with Gasteiger partial charge in [-0.3, -0.25) is 0 Å². The van der Waals surface area contributed by atoms with Crippen LogP contribution in [0.1, 0.15) is 34.5 Å². The second kappa shape index (κ2) is 8.57. The van der Waals surface area contributed by atoms with E-state index in [2.05, 4.69) is 14.9 Å². The van der Waals surface area contributed by atoms with Crippen molar-refractivity contribution in [2.75, 3.05) is 32.2 Å². The molecular weight excluding hydrogens is 360 g/mol. The third-order valence-electron chi connectivity index (χ3n) is 4.66. The quantitative estimate of drug-likeness (QED) is 0.728. The van der Waals surface area contributed by atoms with Gasteiger partial charge >= 0.3 is 5.97 Å². The summed E-state index contributed by atoms with van der Waals surface area (Å²) in [5, 5.41) is 9.35. The monoisotopic (exact) mass is 382 g/mol. The van der Waals surface area contributed by atoms with Crippen molar-refractivity contribution in [2.45, 2.75) is 25.9 Å². The molecular formula is C20H22N4O4. The van der Waals surface area contributed by atoms with E-state index in [1.165, 1.54) is 7.11 Å². The van der Waals surface area contributed by atoms with Crippen molar-refractivity contribution in [3.63, 3.8) is 0 Å². The number of nitrogens with zero attached hydrogens (tertiary/aromatic N) is 4. The molecule has 1 saturated heterocycles. The number of rotatable bonds is 5. The molecule has 0 bridgehead atoms. The van der Waals surface area contributed by atoms with E-state index in [1.54, 1.807) is 25.4 Å². The first-order valence-corrected chi connectivity index (χ1v) is 8.97. The van der Waals surface area contributed by atoms with Gasteiger partial charge in [-0.15, -0.1) is 0 Å². The first kappa shape index (κ1) is 19.4. The molecule has 0 saturated carbocycles. The van der Waals surface area contributed by atoms with Crippen molar-refractivity contribution in [3.05, 3.63) is 41.2 Å². The summed E-state index contributed by atoms with van der Waals surface area (Å²) >= 11 is 0. The summed E-state index contributed by atoms with van der Waals surface area (Å²) in [5.41, 5.74) is 1.10. The summed E-state index contributed by atoms with van der Waals surface area (Å²) < 4.78 is 15.8. The first-order valence-electron chi connectivity index (χ1n) is 8.97. The summed E-state index contributed by atoms with van der Waals surface area (Å²) in [7, 11) is 2.86. The van der Waals surface area contributed by atoms with E-state index in [1.807, 2.05) is 19.1 Å². The van der Waals surface area contributed by atoms with Crippen LogP contribution in [0.25, 0.3) is 0 Å². The predicted molar refractivity (Wildman–Crippen MR) is 102 cm³/mol. The maximum absolute atomic E-state index is 11.8. The van der Waals surface area contributed by atoms with Gasteiger partial charge in [0.1, 0.15) is 23.7 Å². The van der Waals surface area contributed by atoms with Crippen LogP contribution in [0.4, 0.5) is 5.82 Å². The fourth-order valence-electron chi connectivity index (χ4n) is 3.21. The number of pyridine rings is 2. The third-order valence-corrected chi connectivity index (χ3v) is 4.66. The Hall–Kier alpha value is -3.34. The molecule has 0 N–H and O–H groups in total. The van der Waals surface area contributed by atoms with Gasteiger partial charge in [-0.1, -0.05) is 0 Å². The molecule has 1 aliphatic heterocycles. The SMILES string of the molecule is COC(=O)c1cc(C)c(N2CCC(Oc3ccc(OC)nc3)CC2)nc1C#N. The summed E-state index contributed by atoms with van der Waals surface area (Å²) in [6.07, 6.45) is 3.36. The highest BCUT2D eigenvalue weighted by molar-refractivity contribution is 5.92. The van der Waals surface area contributed by atoms with E-state index >= 15 is 0 Å². The van der Waals surface area contributed by atoms with Crippen LogP contribution in [-0.2, 0) is 4.74 Å². The van der Waals surface area contributed by atoms with Crippen LogP contribution in [0, 0.1) is 18.3 Å². The molecule has 2 aromatic rings. The summed E-state index contributed by atoms with van der Waals surface area (Å²) in [5.74, 6) is 1.42. The Bertz CT molecular complexity index is 884. The number of hydrogen-bond donors (Lipinski definition) is 0. The Morgan fingerprint density at radius 1 is 1.29 bits per heavy atom. The lowest BCUT2D eigenvalue weighted by Gasteiger charge is -2.33. The number of carbonyl (C=O) groups excluding carboxylic acids is 1. The molecule has 8 nitrogen and oxygen atoms in total. The Kier molecular flexibility index (Phi) is 5.94. The summed E-state index contributed by atoms with van der Waals surface area (Å²) in [6, 6.07) is 7.26. The lowest BCUT2D eigenvalue weighted by Crippen LogP contribution is -2.39. The second-order valence-corrected chi connectivity index (χ2v) is 6.47. The molecule has 0 aliphatic carbocycles. The predicted octanol–water partition coefficient (Wildman–Crippen LogP) is 2.50. The molecule has 3 rings (SSSR count). The van der Waals surface area contributed by atoms with Crippen molar-refractivity contribution >= 4 is 11.8 Å². The maximum atomic E-state index is 11.8. The number of methoxy groups -OCH3 is 2. The molecule has 1 fully saturated rings. The van der Waals surface area contributed by atoms with Crippen molar-refractivity contribution < 1.29 is 19.0 Å². The Labute approximate surface area is 163 Å². The van der Waals surface area contributed by atoms with Crippen LogP contribution >= 0.6 is 0 Å². The maximum Gasteiger partial charge on any atom is 0.340 e. The number of anilines is 1. The van der Waals surface area contributed by atoms with Crippen LogP contribution < -0.4 is 14.4 Å². The minimum absolute atomic E-state index is 0.0788. The number of esters is 1. The van der Waals surface area contributed by atoms with E-state index in [-0.39, 0.29) is 17.4 Å². The second-order valence-electron chi connectivity index (χ2n) is 6.47. The van der Waals surface area contributed by atoms with Crippen LogP contribution in [0.15, 0.2) is 24.4 Å². The van der Waals surface area contributed by atoms with Gasteiger partial charge in [-0.2, -0.15) is 5.26 Å². The largest absolute Gasteiger partial charge is 0.489 e. The number of nitriles is 1. The molecule has 0 spiro atoms. The Morgan fingerprint density at radius 2 is 2.04 bits per heavy atom. The topological polar surface area (TPSA) is 97.6 Å². The summed E-state index contributed by atoms with van der Waals surface area (Å²) in [6.45, 7) is 3.36. The standard InChI is InChI=1S/C20H22N4O4/c1-13-10-16(20(25)27-3)17(11-21)23-19(13)24-8-6-14(7-9-24)28-15-4-5-18(26-2)22-12-15/h4-5,10,12,14H,6-9H2,1-3H3. The lowest BCUT2D eigenvalue weighted by molar-refractivity contribution is 0.0600. The fourth-order valence-corrected chi connectivity index (χ4v) is 3.21. The van der Waals surface area contributed by atoms with Crippen LogP contribution in [0.5, 0.6) is 11.6 Å². The highest BCUT2D eigenvalue weighted by Gasteiger charge is 2.25. The van der Waals surface area contributed by atoms with Crippen molar-refractivity contribution in [2.24, 2.45) is 0 Å². The number of piperidine rings is 1. The zero-order chi connectivity index (χ0) is 20.1. The minimum atomic E-state index is -0.557.